The molecular formula is C17H16N2O2. The summed E-state index contributed by atoms with van der Waals surface area (Å²) in [5.41, 5.74) is 3.17. The first-order valence-corrected chi connectivity index (χ1v) is 7.19. The maximum atomic E-state index is 12.2. The minimum absolute atomic E-state index is 0.0255. The van der Waals surface area contributed by atoms with Gasteiger partial charge in [-0.15, -0.1) is 0 Å². The Labute approximate surface area is 123 Å². The number of fused-ring (bicyclic) bond motifs is 2. The summed E-state index contributed by atoms with van der Waals surface area (Å²) < 4.78 is 5.96. The van der Waals surface area contributed by atoms with Gasteiger partial charge in [0.1, 0.15) is 11.9 Å². The fourth-order valence-corrected chi connectivity index (χ4v) is 3.02. The van der Waals surface area contributed by atoms with E-state index in [1.54, 1.807) is 0 Å². The molecule has 2 heterocycles. The Balaban J connectivity index is 1.57. The maximum Gasteiger partial charge on any atom is 0.246 e. The zero-order chi connectivity index (χ0) is 14.2. The summed E-state index contributed by atoms with van der Waals surface area (Å²) in [5, 5.41) is 3.15. The molecule has 0 aliphatic carbocycles. The lowest BCUT2D eigenvalue weighted by Gasteiger charge is -2.31. The van der Waals surface area contributed by atoms with Crippen LogP contribution >= 0.6 is 0 Å². The normalized spacial score (nSPS) is 19.5. The molecule has 0 bridgehead atoms. The van der Waals surface area contributed by atoms with Gasteiger partial charge in [-0.3, -0.25) is 4.79 Å². The summed E-state index contributed by atoms with van der Waals surface area (Å²) in [4.78, 5) is 14.1. The van der Waals surface area contributed by atoms with E-state index >= 15 is 0 Å². The highest BCUT2D eigenvalue weighted by molar-refractivity contribution is 6.02. The molecule has 2 aromatic rings. The van der Waals surface area contributed by atoms with Crippen LogP contribution in [0.15, 0.2) is 48.5 Å². The van der Waals surface area contributed by atoms with Crippen molar-refractivity contribution in [2.75, 3.05) is 23.3 Å². The van der Waals surface area contributed by atoms with E-state index in [0.29, 0.717) is 13.1 Å². The number of ether oxygens (including phenoxy) is 1. The van der Waals surface area contributed by atoms with E-state index in [9.17, 15) is 4.79 Å². The molecular weight excluding hydrogens is 264 g/mol. The molecule has 0 aromatic heterocycles. The van der Waals surface area contributed by atoms with Gasteiger partial charge in [-0.1, -0.05) is 30.3 Å². The number of benzene rings is 2. The maximum absolute atomic E-state index is 12.2. The molecule has 4 nitrogen and oxygen atoms in total. The summed E-state index contributed by atoms with van der Waals surface area (Å²) >= 11 is 0. The largest absolute Gasteiger partial charge is 0.488 e. The molecule has 21 heavy (non-hydrogen) atoms. The van der Waals surface area contributed by atoms with Gasteiger partial charge in [0.2, 0.25) is 5.91 Å². The van der Waals surface area contributed by atoms with Crippen LogP contribution in [0.3, 0.4) is 0 Å². The Morgan fingerprint density at radius 2 is 1.95 bits per heavy atom. The number of amides is 1. The number of carbonyl (C=O) groups is 1. The van der Waals surface area contributed by atoms with Crippen LogP contribution in [0.25, 0.3) is 0 Å². The summed E-state index contributed by atoms with van der Waals surface area (Å²) in [7, 11) is 0. The second kappa shape index (κ2) is 4.81. The van der Waals surface area contributed by atoms with Crippen LogP contribution in [-0.2, 0) is 11.2 Å². The molecule has 0 spiro atoms. The molecule has 0 fully saturated rings. The summed E-state index contributed by atoms with van der Waals surface area (Å²) in [6.07, 6.45) is 0.882. The van der Waals surface area contributed by atoms with E-state index in [0.717, 1.165) is 23.5 Å². The Morgan fingerprint density at radius 3 is 2.86 bits per heavy atom. The van der Waals surface area contributed by atoms with Crippen molar-refractivity contribution in [3.63, 3.8) is 0 Å². The first-order valence-electron chi connectivity index (χ1n) is 7.19. The number of anilines is 2. The van der Waals surface area contributed by atoms with Crippen molar-refractivity contribution < 1.29 is 9.53 Å². The minimum Gasteiger partial charge on any atom is -0.488 e. The molecule has 0 saturated carbocycles. The molecule has 4 rings (SSSR count). The zero-order valence-corrected chi connectivity index (χ0v) is 11.6. The van der Waals surface area contributed by atoms with Crippen molar-refractivity contribution in [3.05, 3.63) is 54.1 Å². The topological polar surface area (TPSA) is 41.6 Å². The average Bonchev–Trinajstić information content (AvgIpc) is 2.92. The lowest BCUT2D eigenvalue weighted by atomic mass is 10.1. The third-order valence-electron chi connectivity index (χ3n) is 4.03. The molecule has 2 aliphatic heterocycles. The average molecular weight is 280 g/mol. The number of carbonyl (C=O) groups excluding carboxylic acids is 1. The number of para-hydroxylation sites is 3. The summed E-state index contributed by atoms with van der Waals surface area (Å²) in [5.74, 6) is 1.03. The van der Waals surface area contributed by atoms with E-state index < -0.39 is 0 Å². The fourth-order valence-electron chi connectivity index (χ4n) is 3.02. The number of hydrogen-bond acceptors (Lipinski definition) is 3. The smallest absolute Gasteiger partial charge is 0.246 e. The van der Waals surface area contributed by atoms with E-state index in [-0.39, 0.29) is 12.0 Å². The molecule has 1 unspecified atom stereocenters. The van der Waals surface area contributed by atoms with Crippen LogP contribution in [0.5, 0.6) is 5.75 Å². The zero-order valence-electron chi connectivity index (χ0n) is 11.6. The van der Waals surface area contributed by atoms with Gasteiger partial charge in [0, 0.05) is 6.42 Å². The van der Waals surface area contributed by atoms with Crippen molar-refractivity contribution in [1.82, 2.24) is 0 Å². The number of hydrogen-bond donors (Lipinski definition) is 1. The first kappa shape index (κ1) is 12.3. The van der Waals surface area contributed by atoms with Crippen LogP contribution in [-0.4, -0.2) is 25.1 Å². The van der Waals surface area contributed by atoms with Crippen LogP contribution < -0.4 is 15.0 Å². The molecule has 4 heteroatoms. The van der Waals surface area contributed by atoms with E-state index in [4.69, 9.17) is 4.74 Å². The second-order valence-electron chi connectivity index (χ2n) is 5.43. The Bertz CT molecular complexity index is 674. The highest BCUT2D eigenvalue weighted by Crippen LogP contribution is 2.32. The van der Waals surface area contributed by atoms with Crippen molar-refractivity contribution in [3.8, 4) is 5.75 Å². The standard InChI is InChI=1S/C17H16N2O2/c20-17-10-18-14-6-2-3-7-15(14)19(17)11-13-9-12-5-1-4-8-16(12)21-13/h1-8,13,18H,9-11H2. The molecule has 1 N–H and O–H groups in total. The third kappa shape index (κ3) is 2.13. The van der Waals surface area contributed by atoms with E-state index in [1.165, 1.54) is 5.56 Å². The first-order chi connectivity index (χ1) is 10.3. The number of rotatable bonds is 2. The van der Waals surface area contributed by atoms with Crippen LogP contribution in [0.2, 0.25) is 0 Å². The van der Waals surface area contributed by atoms with Gasteiger partial charge < -0.3 is 15.0 Å². The summed E-state index contributed by atoms with van der Waals surface area (Å²) in [6.45, 7) is 0.933. The predicted octanol–water partition coefficient (Wildman–Crippen LogP) is 2.45. The van der Waals surface area contributed by atoms with Gasteiger partial charge in [0.05, 0.1) is 24.5 Å². The lowest BCUT2D eigenvalue weighted by Crippen LogP contribution is -2.45. The number of nitrogens with one attached hydrogen (secondary N) is 1. The highest BCUT2D eigenvalue weighted by atomic mass is 16.5. The van der Waals surface area contributed by atoms with Gasteiger partial charge in [-0.25, -0.2) is 0 Å². The van der Waals surface area contributed by atoms with Crippen LogP contribution in [0, 0.1) is 0 Å². The Morgan fingerprint density at radius 1 is 1.14 bits per heavy atom. The van der Waals surface area contributed by atoms with Gasteiger partial charge in [0.25, 0.3) is 0 Å². The quantitative estimate of drug-likeness (QED) is 0.918. The molecule has 1 atom stereocenters. The van der Waals surface area contributed by atoms with Gasteiger partial charge in [0.15, 0.2) is 0 Å². The van der Waals surface area contributed by atoms with Gasteiger partial charge in [-0.2, -0.15) is 0 Å². The predicted molar refractivity (Wildman–Crippen MR) is 81.8 cm³/mol. The molecule has 106 valence electrons. The molecule has 2 aromatic carbocycles. The van der Waals surface area contributed by atoms with Gasteiger partial charge in [-0.05, 0) is 23.8 Å². The third-order valence-corrected chi connectivity index (χ3v) is 4.03. The van der Waals surface area contributed by atoms with Crippen molar-refractivity contribution in [1.29, 1.82) is 0 Å². The fraction of sp³-hybridized carbons (Fsp3) is 0.235. The number of nitrogens with zero attached hydrogens (tertiary/aromatic N) is 1. The van der Waals surface area contributed by atoms with E-state index in [1.807, 2.05) is 47.4 Å². The van der Waals surface area contributed by atoms with Crippen molar-refractivity contribution in [2.24, 2.45) is 0 Å². The van der Waals surface area contributed by atoms with Crippen molar-refractivity contribution >= 4 is 17.3 Å². The molecule has 0 saturated heterocycles. The lowest BCUT2D eigenvalue weighted by molar-refractivity contribution is -0.117. The molecule has 2 aliphatic rings. The summed E-state index contributed by atoms with van der Waals surface area (Å²) in [6, 6.07) is 16.0. The van der Waals surface area contributed by atoms with Crippen LogP contribution in [0.4, 0.5) is 11.4 Å². The monoisotopic (exact) mass is 280 g/mol. The minimum atomic E-state index is 0.0255. The molecule has 0 radical (unpaired) electrons. The van der Waals surface area contributed by atoms with E-state index in [2.05, 4.69) is 11.4 Å². The molecule has 1 amide bonds. The van der Waals surface area contributed by atoms with Crippen molar-refractivity contribution in [2.45, 2.75) is 12.5 Å². The Hall–Kier alpha value is -2.49. The van der Waals surface area contributed by atoms with Gasteiger partial charge >= 0.3 is 0 Å². The second-order valence-corrected chi connectivity index (χ2v) is 5.43. The SMILES string of the molecule is O=C1CNc2ccccc2N1CC1Cc2ccccc2O1. The Kier molecular flexibility index (Phi) is 2.81. The van der Waals surface area contributed by atoms with Crippen LogP contribution in [0.1, 0.15) is 5.56 Å². The highest BCUT2D eigenvalue weighted by Gasteiger charge is 2.30.